The molecule has 0 bridgehead atoms. The molecular formula is C29H33Cl2N3O4S. The second-order valence-electron chi connectivity index (χ2n) is 9.07. The summed E-state index contributed by atoms with van der Waals surface area (Å²) < 4.78 is 29.1. The predicted molar refractivity (Wildman–Crippen MR) is 157 cm³/mol. The molecule has 1 N–H and O–H groups in total. The van der Waals surface area contributed by atoms with Crippen LogP contribution in [0.3, 0.4) is 0 Å². The molecule has 0 saturated carbocycles. The second-order valence-corrected chi connectivity index (χ2v) is 11.7. The van der Waals surface area contributed by atoms with E-state index < -0.39 is 28.5 Å². The molecule has 0 saturated heterocycles. The number of hydrogen-bond acceptors (Lipinski definition) is 4. The minimum absolute atomic E-state index is 0.0610. The number of rotatable bonds is 11. The smallest absolute Gasteiger partial charge is 0.264 e. The van der Waals surface area contributed by atoms with Crippen molar-refractivity contribution >= 4 is 50.7 Å². The molecular weight excluding hydrogens is 557 g/mol. The first-order valence-electron chi connectivity index (χ1n) is 12.7. The van der Waals surface area contributed by atoms with Gasteiger partial charge in [-0.15, -0.1) is 0 Å². The quantitative estimate of drug-likeness (QED) is 0.315. The molecule has 0 aliphatic rings. The van der Waals surface area contributed by atoms with Crippen LogP contribution in [0.25, 0.3) is 0 Å². The van der Waals surface area contributed by atoms with E-state index in [4.69, 9.17) is 23.2 Å². The Morgan fingerprint density at radius 1 is 0.923 bits per heavy atom. The van der Waals surface area contributed by atoms with E-state index in [1.807, 2.05) is 26.0 Å². The summed E-state index contributed by atoms with van der Waals surface area (Å²) in [6.07, 6.45) is 0.850. The first kappa shape index (κ1) is 30.5. The number of nitrogens with one attached hydrogen (secondary N) is 1. The third kappa shape index (κ3) is 6.93. The third-order valence-electron chi connectivity index (χ3n) is 6.55. The lowest BCUT2D eigenvalue weighted by molar-refractivity contribution is -0.140. The molecule has 208 valence electrons. The maximum absolute atomic E-state index is 14.1. The Balaban J connectivity index is 2.13. The third-order valence-corrected chi connectivity index (χ3v) is 9.03. The summed E-state index contributed by atoms with van der Waals surface area (Å²) in [5.41, 5.74) is 2.54. The van der Waals surface area contributed by atoms with Gasteiger partial charge in [0.2, 0.25) is 11.8 Å². The molecule has 0 aromatic heterocycles. The van der Waals surface area contributed by atoms with Crippen LogP contribution in [0, 0.1) is 6.92 Å². The SMILES string of the molecule is CCc1ccccc1N(CC(=O)N(Cc1c(Cl)cccc1Cl)[C@H](CC)C(=O)NC)S(=O)(=O)c1ccc(C)cc1. The fraction of sp³-hybridized carbons (Fsp3) is 0.310. The van der Waals surface area contributed by atoms with E-state index >= 15 is 0 Å². The zero-order chi connectivity index (χ0) is 28.7. The van der Waals surface area contributed by atoms with Crippen molar-refractivity contribution in [3.05, 3.63) is 93.5 Å². The van der Waals surface area contributed by atoms with Crippen molar-refractivity contribution in [2.24, 2.45) is 0 Å². The van der Waals surface area contributed by atoms with Gasteiger partial charge in [0.25, 0.3) is 10.0 Å². The van der Waals surface area contributed by atoms with Crippen molar-refractivity contribution in [1.29, 1.82) is 0 Å². The Labute approximate surface area is 240 Å². The van der Waals surface area contributed by atoms with E-state index in [0.717, 1.165) is 15.4 Å². The van der Waals surface area contributed by atoms with Gasteiger partial charge in [-0.3, -0.25) is 13.9 Å². The summed E-state index contributed by atoms with van der Waals surface area (Å²) in [5.74, 6) is -0.945. The van der Waals surface area contributed by atoms with Gasteiger partial charge in [0.1, 0.15) is 12.6 Å². The number of aryl methyl sites for hydroxylation is 2. The van der Waals surface area contributed by atoms with E-state index in [9.17, 15) is 18.0 Å². The largest absolute Gasteiger partial charge is 0.357 e. The molecule has 0 unspecified atom stereocenters. The standard InChI is InChI=1S/C29H33Cl2N3O4S/c1-5-21-10-7-8-13-27(21)34(39(37,38)22-16-14-20(3)15-17-22)19-28(35)33(26(6-2)29(36)32-4)18-23-24(30)11-9-12-25(23)31/h7-17,26H,5-6,18-19H2,1-4H3,(H,32,36)/t26-/m1/s1. The summed E-state index contributed by atoms with van der Waals surface area (Å²) in [6, 6.07) is 17.7. The number of carbonyl (C=O) groups excluding carboxylic acids is 2. The van der Waals surface area contributed by atoms with Gasteiger partial charge in [-0.1, -0.05) is 79.0 Å². The van der Waals surface area contributed by atoms with Gasteiger partial charge < -0.3 is 10.2 Å². The Kier molecular flexibility index (Phi) is 10.4. The summed E-state index contributed by atoms with van der Waals surface area (Å²) >= 11 is 12.8. The summed E-state index contributed by atoms with van der Waals surface area (Å²) in [5, 5.41) is 3.28. The van der Waals surface area contributed by atoms with Gasteiger partial charge >= 0.3 is 0 Å². The van der Waals surface area contributed by atoms with Gasteiger partial charge in [-0.05, 0) is 55.7 Å². The molecule has 10 heteroatoms. The number of anilines is 1. The molecule has 3 rings (SSSR count). The van der Waals surface area contributed by atoms with Crippen molar-refractivity contribution < 1.29 is 18.0 Å². The fourth-order valence-corrected chi connectivity index (χ4v) is 6.31. The van der Waals surface area contributed by atoms with Gasteiger partial charge in [0.05, 0.1) is 10.6 Å². The second kappa shape index (κ2) is 13.3. The highest BCUT2D eigenvalue weighted by Crippen LogP contribution is 2.30. The number of nitrogens with zero attached hydrogens (tertiary/aromatic N) is 2. The van der Waals surface area contributed by atoms with Crippen LogP contribution >= 0.6 is 23.2 Å². The number of likely N-dealkylation sites (N-methyl/N-ethyl adjacent to an activating group) is 1. The van der Waals surface area contributed by atoms with Crippen LogP contribution in [0.1, 0.15) is 37.0 Å². The zero-order valence-corrected chi connectivity index (χ0v) is 24.8. The molecule has 0 spiro atoms. The number of carbonyl (C=O) groups is 2. The maximum atomic E-state index is 14.1. The molecule has 1 atom stereocenters. The Bertz CT molecular complexity index is 1410. The van der Waals surface area contributed by atoms with Gasteiger partial charge in [0.15, 0.2) is 0 Å². The Hall–Kier alpha value is -3.07. The highest BCUT2D eigenvalue weighted by Gasteiger charge is 2.34. The first-order valence-corrected chi connectivity index (χ1v) is 14.9. The van der Waals surface area contributed by atoms with Crippen LogP contribution in [0.4, 0.5) is 5.69 Å². The van der Waals surface area contributed by atoms with E-state index in [-0.39, 0.29) is 17.3 Å². The normalized spacial score (nSPS) is 12.1. The first-order chi connectivity index (χ1) is 18.5. The average Bonchev–Trinajstić information content (AvgIpc) is 2.92. The Morgan fingerprint density at radius 3 is 2.10 bits per heavy atom. The summed E-state index contributed by atoms with van der Waals surface area (Å²) in [6.45, 7) is 4.97. The topological polar surface area (TPSA) is 86.8 Å². The van der Waals surface area contributed by atoms with Gasteiger partial charge in [-0.2, -0.15) is 0 Å². The molecule has 7 nitrogen and oxygen atoms in total. The average molecular weight is 591 g/mol. The van der Waals surface area contributed by atoms with E-state index in [2.05, 4.69) is 5.32 Å². The van der Waals surface area contributed by atoms with E-state index in [1.54, 1.807) is 49.4 Å². The minimum atomic E-state index is -4.15. The molecule has 39 heavy (non-hydrogen) atoms. The Morgan fingerprint density at radius 2 is 1.54 bits per heavy atom. The lowest BCUT2D eigenvalue weighted by atomic mass is 10.1. The van der Waals surface area contributed by atoms with Gasteiger partial charge in [-0.25, -0.2) is 8.42 Å². The van der Waals surface area contributed by atoms with Crippen LogP contribution in [0.2, 0.25) is 10.0 Å². The number of para-hydroxylation sites is 1. The predicted octanol–water partition coefficient (Wildman–Crippen LogP) is 5.61. The summed E-state index contributed by atoms with van der Waals surface area (Å²) in [7, 11) is -2.66. The highest BCUT2D eigenvalue weighted by molar-refractivity contribution is 7.92. The van der Waals surface area contributed by atoms with Crippen LogP contribution in [-0.4, -0.2) is 44.8 Å². The molecule has 0 fully saturated rings. The van der Waals surface area contributed by atoms with Gasteiger partial charge in [0, 0.05) is 29.2 Å². The van der Waals surface area contributed by atoms with Crippen LogP contribution in [-0.2, 0) is 32.6 Å². The molecule has 3 aromatic carbocycles. The number of benzene rings is 3. The van der Waals surface area contributed by atoms with Crippen LogP contribution in [0.15, 0.2) is 71.6 Å². The fourth-order valence-electron chi connectivity index (χ4n) is 4.34. The monoisotopic (exact) mass is 589 g/mol. The number of hydrogen-bond donors (Lipinski definition) is 1. The molecule has 0 heterocycles. The van der Waals surface area contributed by atoms with Crippen molar-refractivity contribution in [2.45, 2.75) is 51.1 Å². The zero-order valence-electron chi connectivity index (χ0n) is 22.4. The number of sulfonamides is 1. The van der Waals surface area contributed by atoms with Crippen molar-refractivity contribution in [3.8, 4) is 0 Å². The molecule has 0 radical (unpaired) electrons. The molecule has 0 aliphatic heterocycles. The van der Waals surface area contributed by atoms with E-state index in [0.29, 0.717) is 34.1 Å². The van der Waals surface area contributed by atoms with Crippen molar-refractivity contribution in [3.63, 3.8) is 0 Å². The lowest BCUT2D eigenvalue weighted by Crippen LogP contribution is -2.52. The van der Waals surface area contributed by atoms with Crippen molar-refractivity contribution in [1.82, 2.24) is 10.2 Å². The maximum Gasteiger partial charge on any atom is 0.264 e. The lowest BCUT2D eigenvalue weighted by Gasteiger charge is -2.33. The number of halogens is 2. The highest BCUT2D eigenvalue weighted by atomic mass is 35.5. The molecule has 0 aliphatic carbocycles. The molecule has 3 aromatic rings. The summed E-state index contributed by atoms with van der Waals surface area (Å²) in [4.78, 5) is 28.3. The van der Waals surface area contributed by atoms with Crippen molar-refractivity contribution in [2.75, 3.05) is 17.9 Å². The van der Waals surface area contributed by atoms with E-state index in [1.165, 1.54) is 24.1 Å². The number of amides is 2. The van der Waals surface area contributed by atoms with Crippen LogP contribution < -0.4 is 9.62 Å². The van der Waals surface area contributed by atoms with Crippen LogP contribution in [0.5, 0.6) is 0 Å². The minimum Gasteiger partial charge on any atom is -0.357 e. The molecule has 2 amide bonds.